The lowest BCUT2D eigenvalue weighted by Crippen LogP contribution is -2.15. The predicted octanol–water partition coefficient (Wildman–Crippen LogP) is 1.47. The van der Waals surface area contributed by atoms with Gasteiger partial charge in [0, 0.05) is 5.75 Å². The smallest absolute Gasteiger partial charge is 0.352 e. The molecule has 0 N–H and O–H groups in total. The van der Waals surface area contributed by atoms with Gasteiger partial charge in [0.05, 0.1) is 12.5 Å². The summed E-state index contributed by atoms with van der Waals surface area (Å²) >= 11 is 1.71. The summed E-state index contributed by atoms with van der Waals surface area (Å²) in [5, 5.41) is 0.282. The molecule has 0 saturated heterocycles. The third-order valence-corrected chi connectivity index (χ3v) is 2.83. The van der Waals surface area contributed by atoms with E-state index in [1.165, 1.54) is 7.11 Å². The van der Waals surface area contributed by atoms with Gasteiger partial charge in [-0.15, -0.1) is 11.8 Å². The van der Waals surface area contributed by atoms with Gasteiger partial charge in [0.1, 0.15) is 5.71 Å². The van der Waals surface area contributed by atoms with Crippen LogP contribution in [-0.4, -0.2) is 29.9 Å². The molecule has 0 amide bonds. The Hall–Kier alpha value is -0.510. The summed E-state index contributed by atoms with van der Waals surface area (Å²) in [6, 6.07) is 0. The Labute approximate surface area is 76.6 Å². The molecule has 0 spiro atoms. The fourth-order valence-electron chi connectivity index (χ4n) is 1.05. The van der Waals surface area contributed by atoms with Crippen LogP contribution in [0.3, 0.4) is 0 Å². The van der Waals surface area contributed by atoms with Crippen molar-refractivity contribution in [3.63, 3.8) is 0 Å². The van der Waals surface area contributed by atoms with Crippen LogP contribution in [0, 0.1) is 0 Å². The van der Waals surface area contributed by atoms with Gasteiger partial charge in [-0.25, -0.2) is 4.79 Å². The Bertz CT molecular complexity index is 203. The van der Waals surface area contributed by atoms with Crippen LogP contribution in [0.2, 0.25) is 0 Å². The quantitative estimate of drug-likeness (QED) is 0.628. The summed E-state index contributed by atoms with van der Waals surface area (Å²) in [7, 11) is 1.39. The summed E-state index contributed by atoms with van der Waals surface area (Å²) in [5.41, 5.74) is 0.584. The molecule has 1 atom stereocenters. The van der Waals surface area contributed by atoms with E-state index in [1.807, 2.05) is 0 Å². The SMILES string of the molecule is CCCC1N=C(C(=O)OC)CS1. The lowest BCUT2D eigenvalue weighted by Gasteiger charge is -2.00. The van der Waals surface area contributed by atoms with Gasteiger partial charge in [0.25, 0.3) is 0 Å². The standard InChI is InChI=1S/C8H13NO2S/c1-3-4-7-9-6(5-12-7)8(10)11-2/h7H,3-5H2,1-2H3. The Morgan fingerprint density at radius 3 is 3.17 bits per heavy atom. The van der Waals surface area contributed by atoms with Gasteiger partial charge >= 0.3 is 5.97 Å². The predicted molar refractivity (Wildman–Crippen MR) is 50.6 cm³/mol. The first-order chi connectivity index (χ1) is 5.77. The van der Waals surface area contributed by atoms with E-state index in [0.717, 1.165) is 12.8 Å². The summed E-state index contributed by atoms with van der Waals surface area (Å²) < 4.78 is 4.58. The second-order valence-electron chi connectivity index (χ2n) is 2.62. The number of aliphatic imine (C=N–C) groups is 1. The molecule has 1 rings (SSSR count). The van der Waals surface area contributed by atoms with Gasteiger partial charge in [-0.2, -0.15) is 0 Å². The van der Waals surface area contributed by atoms with Crippen molar-refractivity contribution in [3.05, 3.63) is 0 Å². The zero-order valence-corrected chi connectivity index (χ0v) is 8.19. The number of ether oxygens (including phenoxy) is 1. The zero-order chi connectivity index (χ0) is 8.97. The van der Waals surface area contributed by atoms with Crippen molar-refractivity contribution in [2.75, 3.05) is 12.9 Å². The molecule has 1 heterocycles. The van der Waals surface area contributed by atoms with Gasteiger partial charge in [0.15, 0.2) is 0 Å². The lowest BCUT2D eigenvalue weighted by molar-refractivity contribution is -0.132. The molecule has 3 nitrogen and oxygen atoms in total. The van der Waals surface area contributed by atoms with E-state index in [-0.39, 0.29) is 11.3 Å². The number of methoxy groups -OCH3 is 1. The molecule has 0 radical (unpaired) electrons. The van der Waals surface area contributed by atoms with Crippen LogP contribution in [0.1, 0.15) is 19.8 Å². The highest BCUT2D eigenvalue weighted by atomic mass is 32.2. The van der Waals surface area contributed by atoms with E-state index < -0.39 is 0 Å². The molecule has 4 heteroatoms. The van der Waals surface area contributed by atoms with E-state index in [0.29, 0.717) is 11.5 Å². The van der Waals surface area contributed by atoms with Gasteiger partial charge in [-0.1, -0.05) is 13.3 Å². The number of nitrogens with zero attached hydrogens (tertiary/aromatic N) is 1. The average molecular weight is 187 g/mol. The van der Waals surface area contributed by atoms with Crippen molar-refractivity contribution in [2.24, 2.45) is 4.99 Å². The highest BCUT2D eigenvalue weighted by molar-refractivity contribution is 8.01. The van der Waals surface area contributed by atoms with Crippen molar-refractivity contribution in [3.8, 4) is 0 Å². The van der Waals surface area contributed by atoms with E-state index in [1.54, 1.807) is 11.8 Å². The minimum Gasteiger partial charge on any atom is -0.465 e. The minimum absolute atomic E-state index is 0.277. The molecule has 0 fully saturated rings. The number of rotatable bonds is 3. The fraction of sp³-hybridized carbons (Fsp3) is 0.750. The second-order valence-corrected chi connectivity index (χ2v) is 3.79. The van der Waals surface area contributed by atoms with Crippen LogP contribution in [0.25, 0.3) is 0 Å². The molecule has 1 aliphatic rings. The monoisotopic (exact) mass is 187 g/mol. The van der Waals surface area contributed by atoms with Gasteiger partial charge < -0.3 is 4.74 Å². The number of thioether (sulfide) groups is 1. The fourth-order valence-corrected chi connectivity index (χ4v) is 2.19. The third-order valence-electron chi connectivity index (χ3n) is 1.67. The molecule has 0 aromatic heterocycles. The van der Waals surface area contributed by atoms with Crippen molar-refractivity contribution in [2.45, 2.75) is 25.1 Å². The summed E-state index contributed by atoms with van der Waals surface area (Å²) in [4.78, 5) is 15.3. The van der Waals surface area contributed by atoms with Gasteiger partial charge in [-0.3, -0.25) is 4.99 Å². The molecule has 0 aliphatic carbocycles. The third kappa shape index (κ3) is 2.24. The molecule has 1 aliphatic heterocycles. The van der Waals surface area contributed by atoms with Crippen molar-refractivity contribution in [1.82, 2.24) is 0 Å². The number of carbonyl (C=O) groups is 1. The second kappa shape index (κ2) is 4.50. The molecular weight excluding hydrogens is 174 g/mol. The Morgan fingerprint density at radius 2 is 2.58 bits per heavy atom. The highest BCUT2D eigenvalue weighted by Crippen LogP contribution is 2.24. The number of carbonyl (C=O) groups excluding carboxylic acids is 1. The molecule has 68 valence electrons. The number of hydrogen-bond acceptors (Lipinski definition) is 4. The summed E-state index contributed by atoms with van der Waals surface area (Å²) in [5.74, 6) is 0.429. The maximum Gasteiger partial charge on any atom is 0.352 e. The van der Waals surface area contributed by atoms with Crippen LogP contribution in [-0.2, 0) is 9.53 Å². The van der Waals surface area contributed by atoms with Crippen molar-refractivity contribution in [1.29, 1.82) is 0 Å². The van der Waals surface area contributed by atoms with Crippen LogP contribution in [0.4, 0.5) is 0 Å². The normalized spacial score (nSPS) is 22.2. The van der Waals surface area contributed by atoms with E-state index in [2.05, 4.69) is 16.7 Å². The lowest BCUT2D eigenvalue weighted by atomic mass is 10.3. The van der Waals surface area contributed by atoms with Crippen molar-refractivity contribution >= 4 is 23.4 Å². The topological polar surface area (TPSA) is 38.7 Å². The van der Waals surface area contributed by atoms with Crippen LogP contribution in [0.5, 0.6) is 0 Å². The molecule has 0 aromatic rings. The number of esters is 1. The van der Waals surface area contributed by atoms with E-state index in [9.17, 15) is 4.79 Å². The Kier molecular flexibility index (Phi) is 3.59. The molecule has 0 bridgehead atoms. The van der Waals surface area contributed by atoms with Crippen LogP contribution in [0.15, 0.2) is 4.99 Å². The van der Waals surface area contributed by atoms with Gasteiger partial charge in [-0.05, 0) is 6.42 Å². The van der Waals surface area contributed by atoms with E-state index >= 15 is 0 Å². The summed E-state index contributed by atoms with van der Waals surface area (Å²) in [6.45, 7) is 2.12. The first-order valence-corrected chi connectivity index (χ1v) is 5.09. The maximum atomic E-state index is 11.0. The Balaban J connectivity index is 2.47. The zero-order valence-electron chi connectivity index (χ0n) is 7.37. The van der Waals surface area contributed by atoms with Crippen LogP contribution < -0.4 is 0 Å². The Morgan fingerprint density at radius 1 is 1.83 bits per heavy atom. The average Bonchev–Trinajstić information content (AvgIpc) is 2.52. The largest absolute Gasteiger partial charge is 0.465 e. The summed E-state index contributed by atoms with van der Waals surface area (Å²) in [6.07, 6.45) is 2.15. The first kappa shape index (κ1) is 9.58. The maximum absolute atomic E-state index is 11.0. The molecule has 0 aromatic carbocycles. The first-order valence-electron chi connectivity index (χ1n) is 4.04. The van der Waals surface area contributed by atoms with Crippen molar-refractivity contribution < 1.29 is 9.53 Å². The molecule has 0 saturated carbocycles. The molecule has 12 heavy (non-hydrogen) atoms. The van der Waals surface area contributed by atoms with Gasteiger partial charge in [0.2, 0.25) is 0 Å². The minimum atomic E-state index is -0.277. The highest BCUT2D eigenvalue weighted by Gasteiger charge is 2.22. The van der Waals surface area contributed by atoms with E-state index in [4.69, 9.17) is 0 Å². The molecular formula is C8H13NO2S. The molecule has 1 unspecified atom stereocenters. The number of hydrogen-bond donors (Lipinski definition) is 0. The van der Waals surface area contributed by atoms with Crippen LogP contribution >= 0.6 is 11.8 Å².